The maximum atomic E-state index is 14.5. The molecule has 9 nitrogen and oxygen atoms in total. The van der Waals surface area contributed by atoms with Crippen LogP contribution in [0.15, 0.2) is 102 Å². The summed E-state index contributed by atoms with van der Waals surface area (Å²) in [5.41, 5.74) is 2.69. The number of aryl methyl sites for hydroxylation is 1. The van der Waals surface area contributed by atoms with Crippen molar-refractivity contribution in [1.29, 1.82) is 0 Å². The van der Waals surface area contributed by atoms with Gasteiger partial charge < -0.3 is 19.7 Å². The van der Waals surface area contributed by atoms with Crippen LogP contribution in [-0.4, -0.2) is 58.5 Å². The Morgan fingerprint density at radius 3 is 2.13 bits per heavy atom. The summed E-state index contributed by atoms with van der Waals surface area (Å²) in [5.74, 6) is -1.05. The van der Waals surface area contributed by atoms with Gasteiger partial charge in [0.2, 0.25) is 11.8 Å². The number of hydrogen-bond donors (Lipinski definition) is 1. The summed E-state index contributed by atoms with van der Waals surface area (Å²) in [6, 6.07) is 24.9. The summed E-state index contributed by atoms with van der Waals surface area (Å²) >= 11 is 0. The first-order valence-corrected chi connectivity index (χ1v) is 16.7. The molecule has 11 heteroatoms. The fraction of sp³-hybridized carbons (Fsp3) is 0.278. The molecule has 0 heterocycles. The Bertz CT molecular complexity index is 1750. The Morgan fingerprint density at radius 1 is 0.851 bits per heavy atom. The Morgan fingerprint density at radius 2 is 1.51 bits per heavy atom. The number of ether oxygens (including phenoxy) is 2. The van der Waals surface area contributed by atoms with Gasteiger partial charge in [0.25, 0.3) is 10.0 Å². The summed E-state index contributed by atoms with van der Waals surface area (Å²) in [4.78, 5) is 29.5. The third kappa shape index (κ3) is 8.88. The number of nitrogens with one attached hydrogen (secondary N) is 1. The Hall–Kier alpha value is -4.90. The molecule has 0 aromatic heterocycles. The summed E-state index contributed by atoms with van der Waals surface area (Å²) in [6.45, 7) is 3.67. The molecular weight excluding hydrogens is 621 g/mol. The van der Waals surface area contributed by atoms with Crippen molar-refractivity contribution in [2.45, 2.75) is 44.2 Å². The van der Waals surface area contributed by atoms with Gasteiger partial charge in [-0.1, -0.05) is 67.1 Å². The number of sulfonamides is 1. The van der Waals surface area contributed by atoms with Crippen molar-refractivity contribution in [3.05, 3.63) is 120 Å². The van der Waals surface area contributed by atoms with Gasteiger partial charge in [0, 0.05) is 25.6 Å². The number of hydrogen-bond acceptors (Lipinski definition) is 6. The Labute approximate surface area is 276 Å². The zero-order chi connectivity index (χ0) is 34.0. The zero-order valence-corrected chi connectivity index (χ0v) is 27.8. The van der Waals surface area contributed by atoms with E-state index in [1.807, 2.05) is 68.4 Å². The van der Waals surface area contributed by atoms with Crippen LogP contribution in [-0.2, 0) is 32.6 Å². The van der Waals surface area contributed by atoms with E-state index in [0.29, 0.717) is 18.7 Å². The molecule has 1 N–H and O–H groups in total. The molecule has 4 aromatic carbocycles. The molecule has 0 saturated carbocycles. The highest BCUT2D eigenvalue weighted by molar-refractivity contribution is 7.92. The largest absolute Gasteiger partial charge is 0.493 e. The fourth-order valence-corrected chi connectivity index (χ4v) is 6.48. The SMILES string of the molecule is CCCNC(=O)[C@@H](Cc1ccccc1)N(Cc1ccc(C)cc1)C(=O)CN(c1ccc(F)cc1)S(=O)(=O)c1ccc(OC)c(OC)c1. The molecule has 248 valence electrons. The summed E-state index contributed by atoms with van der Waals surface area (Å²) in [6.07, 6.45) is 0.893. The van der Waals surface area contributed by atoms with Crippen molar-refractivity contribution in [2.24, 2.45) is 0 Å². The highest BCUT2D eigenvalue weighted by atomic mass is 32.2. The minimum atomic E-state index is -4.42. The van der Waals surface area contributed by atoms with Gasteiger partial charge in [0.15, 0.2) is 11.5 Å². The second kappa shape index (κ2) is 16.1. The second-order valence-electron chi connectivity index (χ2n) is 11.0. The minimum absolute atomic E-state index is 0.0455. The minimum Gasteiger partial charge on any atom is -0.493 e. The molecule has 0 fully saturated rings. The van der Waals surface area contributed by atoms with Gasteiger partial charge in [-0.2, -0.15) is 0 Å². The van der Waals surface area contributed by atoms with Crippen LogP contribution in [0.2, 0.25) is 0 Å². The van der Waals surface area contributed by atoms with Gasteiger partial charge in [0.1, 0.15) is 18.4 Å². The van der Waals surface area contributed by atoms with E-state index in [-0.39, 0.29) is 35.2 Å². The van der Waals surface area contributed by atoms with Gasteiger partial charge in [-0.3, -0.25) is 13.9 Å². The highest BCUT2D eigenvalue weighted by Gasteiger charge is 2.35. The predicted octanol–water partition coefficient (Wildman–Crippen LogP) is 5.51. The number of amides is 2. The molecule has 0 unspecified atom stereocenters. The van der Waals surface area contributed by atoms with Gasteiger partial charge in [-0.25, -0.2) is 12.8 Å². The standard InChI is InChI=1S/C36H40FN3O6S/c1-5-21-38-36(42)32(22-27-9-7-6-8-10-27)39(24-28-13-11-26(2)12-14-28)35(41)25-40(30-17-15-29(37)16-18-30)47(43,44)31-19-20-33(45-3)34(23-31)46-4/h6-20,23,32H,5,21-22,24-25H2,1-4H3,(H,38,42)/t32-/m1/s1. The third-order valence-electron chi connectivity index (χ3n) is 7.63. The molecule has 1 atom stereocenters. The second-order valence-corrected chi connectivity index (χ2v) is 12.9. The molecule has 47 heavy (non-hydrogen) atoms. The van der Waals surface area contributed by atoms with E-state index in [9.17, 15) is 22.4 Å². The smallest absolute Gasteiger partial charge is 0.264 e. The normalized spacial score (nSPS) is 11.8. The molecule has 0 aliphatic rings. The van der Waals surface area contributed by atoms with Crippen molar-refractivity contribution < 1.29 is 31.9 Å². The van der Waals surface area contributed by atoms with Crippen molar-refractivity contribution in [3.63, 3.8) is 0 Å². The first kappa shape index (κ1) is 35.0. The van der Waals surface area contributed by atoms with Crippen molar-refractivity contribution in [2.75, 3.05) is 31.6 Å². The van der Waals surface area contributed by atoms with Crippen LogP contribution in [0.5, 0.6) is 11.5 Å². The van der Waals surface area contributed by atoms with E-state index in [1.54, 1.807) is 0 Å². The molecule has 0 spiro atoms. The van der Waals surface area contributed by atoms with E-state index in [2.05, 4.69) is 5.32 Å². The van der Waals surface area contributed by atoms with E-state index in [0.717, 1.165) is 33.1 Å². The molecule has 0 radical (unpaired) electrons. The third-order valence-corrected chi connectivity index (χ3v) is 9.40. The number of carbonyl (C=O) groups is 2. The van der Waals surface area contributed by atoms with E-state index in [1.165, 1.54) is 49.5 Å². The lowest BCUT2D eigenvalue weighted by molar-refractivity contribution is -0.140. The number of carbonyl (C=O) groups excluding carboxylic acids is 2. The monoisotopic (exact) mass is 661 g/mol. The molecule has 0 aliphatic heterocycles. The topological polar surface area (TPSA) is 105 Å². The first-order valence-electron chi connectivity index (χ1n) is 15.2. The maximum absolute atomic E-state index is 14.5. The predicted molar refractivity (Wildman–Crippen MR) is 179 cm³/mol. The summed E-state index contributed by atoms with van der Waals surface area (Å²) in [7, 11) is -1.61. The Kier molecular flexibility index (Phi) is 12.0. The van der Waals surface area contributed by atoms with Crippen molar-refractivity contribution in [3.8, 4) is 11.5 Å². The van der Waals surface area contributed by atoms with Crippen LogP contribution in [0, 0.1) is 12.7 Å². The van der Waals surface area contributed by atoms with Gasteiger partial charge in [0.05, 0.1) is 24.8 Å². The molecule has 0 bridgehead atoms. The van der Waals surface area contributed by atoms with Gasteiger partial charge >= 0.3 is 0 Å². The fourth-order valence-electron chi connectivity index (χ4n) is 5.05. The molecular formula is C36H40FN3O6S. The molecule has 0 saturated heterocycles. The highest BCUT2D eigenvalue weighted by Crippen LogP contribution is 2.32. The zero-order valence-electron chi connectivity index (χ0n) is 27.0. The number of anilines is 1. The van der Waals surface area contributed by atoms with Gasteiger partial charge in [-0.05, 0) is 60.9 Å². The molecule has 4 aromatic rings. The summed E-state index contributed by atoms with van der Waals surface area (Å²) < 4.78 is 54.1. The Balaban J connectivity index is 1.81. The lowest BCUT2D eigenvalue weighted by Crippen LogP contribution is -2.53. The average molecular weight is 662 g/mol. The van der Waals surface area contributed by atoms with E-state index < -0.39 is 34.3 Å². The van der Waals surface area contributed by atoms with Gasteiger partial charge in [-0.15, -0.1) is 0 Å². The number of rotatable bonds is 15. The quantitative estimate of drug-likeness (QED) is 0.180. The van der Waals surface area contributed by atoms with Crippen LogP contribution in [0.1, 0.15) is 30.0 Å². The van der Waals surface area contributed by atoms with Crippen molar-refractivity contribution >= 4 is 27.5 Å². The van der Waals surface area contributed by atoms with Crippen LogP contribution in [0.4, 0.5) is 10.1 Å². The average Bonchev–Trinajstić information content (AvgIpc) is 3.08. The lowest BCUT2D eigenvalue weighted by atomic mass is 10.0. The first-order chi connectivity index (χ1) is 22.6. The van der Waals surface area contributed by atoms with E-state index >= 15 is 0 Å². The van der Waals surface area contributed by atoms with Crippen molar-refractivity contribution in [1.82, 2.24) is 10.2 Å². The molecule has 0 aliphatic carbocycles. The van der Waals surface area contributed by atoms with Crippen LogP contribution in [0.3, 0.4) is 0 Å². The molecule has 4 rings (SSSR count). The number of methoxy groups -OCH3 is 2. The number of halogens is 1. The number of nitrogens with zero attached hydrogens (tertiary/aromatic N) is 2. The van der Waals surface area contributed by atoms with Crippen LogP contribution >= 0.6 is 0 Å². The summed E-state index contributed by atoms with van der Waals surface area (Å²) in [5, 5.41) is 2.92. The molecule has 2 amide bonds. The van der Waals surface area contributed by atoms with Crippen LogP contribution < -0.4 is 19.1 Å². The maximum Gasteiger partial charge on any atom is 0.264 e. The number of benzene rings is 4. The van der Waals surface area contributed by atoms with Crippen LogP contribution in [0.25, 0.3) is 0 Å². The van der Waals surface area contributed by atoms with E-state index in [4.69, 9.17) is 9.47 Å². The lowest BCUT2D eigenvalue weighted by Gasteiger charge is -2.34.